The first kappa shape index (κ1) is 24.1. The molecule has 5 heteroatoms. The Morgan fingerprint density at radius 3 is 2.38 bits per heavy atom. The van der Waals surface area contributed by atoms with Gasteiger partial charge in [0.05, 0.1) is 6.61 Å². The first-order chi connectivity index (χ1) is 16.6. The van der Waals surface area contributed by atoms with Gasteiger partial charge in [0.1, 0.15) is 17.2 Å². The second kappa shape index (κ2) is 11.4. The van der Waals surface area contributed by atoms with Gasteiger partial charge in [-0.15, -0.1) is 0 Å². The normalized spacial score (nSPS) is 11.6. The molecule has 0 aliphatic heterocycles. The van der Waals surface area contributed by atoms with Gasteiger partial charge in [-0.3, -0.25) is 0 Å². The third kappa shape index (κ3) is 5.53. The van der Waals surface area contributed by atoms with E-state index in [1.54, 1.807) is 0 Å². The van der Waals surface area contributed by atoms with Gasteiger partial charge in [-0.1, -0.05) is 51.8 Å². The molecule has 0 aliphatic carbocycles. The van der Waals surface area contributed by atoms with E-state index < -0.39 is 0 Å². The molecule has 2 heterocycles. The van der Waals surface area contributed by atoms with Gasteiger partial charge in [0.25, 0.3) is 0 Å². The van der Waals surface area contributed by atoms with Crippen molar-refractivity contribution in [3.05, 3.63) is 54.1 Å². The number of anilines is 1. The number of benzene rings is 2. The van der Waals surface area contributed by atoms with Crippen molar-refractivity contribution in [3.8, 4) is 16.9 Å². The summed E-state index contributed by atoms with van der Waals surface area (Å²) in [5.74, 6) is 1.57. The van der Waals surface area contributed by atoms with E-state index in [1.165, 1.54) is 29.4 Å². The summed E-state index contributed by atoms with van der Waals surface area (Å²) in [5, 5.41) is 2.33. The van der Waals surface area contributed by atoms with Gasteiger partial charge in [-0.25, -0.2) is 4.98 Å². The zero-order valence-corrected chi connectivity index (χ0v) is 20.9. The first-order valence-corrected chi connectivity index (χ1v) is 12.8. The van der Waals surface area contributed by atoms with Crippen molar-refractivity contribution in [2.24, 2.45) is 0 Å². The lowest BCUT2D eigenvalue weighted by molar-refractivity contribution is 0.249. The van der Waals surface area contributed by atoms with Crippen molar-refractivity contribution in [2.45, 2.75) is 52.9 Å². The Bertz CT molecular complexity index is 1210. The summed E-state index contributed by atoms with van der Waals surface area (Å²) >= 11 is 0. The van der Waals surface area contributed by atoms with Crippen LogP contribution in [0.1, 0.15) is 52.0 Å². The number of ether oxygens (including phenoxy) is 1. The topological polar surface area (TPSA) is 67.2 Å². The van der Waals surface area contributed by atoms with Crippen LogP contribution in [0.25, 0.3) is 33.1 Å². The van der Waals surface area contributed by atoms with Crippen LogP contribution in [0.2, 0.25) is 0 Å². The zero-order chi connectivity index (χ0) is 23.9. The summed E-state index contributed by atoms with van der Waals surface area (Å²) < 4.78 is 5.96. The largest absolute Gasteiger partial charge is 0.494 e. The molecule has 34 heavy (non-hydrogen) atoms. The Balaban J connectivity index is 1.50. The number of fused-ring (bicyclic) bond motifs is 3. The number of hydrogen-bond acceptors (Lipinski definition) is 4. The Hall–Kier alpha value is -3.05. The SMILES string of the molecule is CCCCCc1cc2c(nc1N)[nH]c1ccc(-c3ccc(OCCCN(CC)CC)cc3)cc12. The molecule has 0 aliphatic rings. The van der Waals surface area contributed by atoms with E-state index in [2.05, 4.69) is 84.2 Å². The average Bonchev–Trinajstić information content (AvgIpc) is 3.21. The van der Waals surface area contributed by atoms with Crippen LogP contribution in [0.15, 0.2) is 48.5 Å². The number of aryl methyl sites for hydroxylation is 1. The highest BCUT2D eigenvalue weighted by molar-refractivity contribution is 6.07. The van der Waals surface area contributed by atoms with Crippen molar-refractivity contribution >= 4 is 27.8 Å². The summed E-state index contributed by atoms with van der Waals surface area (Å²) in [5.41, 5.74) is 11.7. The van der Waals surface area contributed by atoms with Gasteiger partial charge in [0.15, 0.2) is 0 Å². The quantitative estimate of drug-likeness (QED) is 0.229. The molecule has 0 radical (unpaired) electrons. The Labute approximate surface area is 203 Å². The molecule has 0 unspecified atom stereocenters. The van der Waals surface area contributed by atoms with Gasteiger partial charge >= 0.3 is 0 Å². The van der Waals surface area contributed by atoms with E-state index >= 15 is 0 Å². The number of rotatable bonds is 12. The maximum Gasteiger partial charge on any atom is 0.140 e. The van der Waals surface area contributed by atoms with Gasteiger partial charge in [0.2, 0.25) is 0 Å². The van der Waals surface area contributed by atoms with Gasteiger partial charge in [0, 0.05) is 22.8 Å². The molecular weight excluding hydrogens is 420 g/mol. The standard InChI is InChI=1S/C29H38N4O/c1-4-7-8-10-23-20-26-25-19-22(13-16-27(25)31-29(26)32-28(23)30)21-11-14-24(15-12-21)34-18-9-17-33(5-2)6-3/h11-16,19-20H,4-10,17-18H2,1-3H3,(H3,30,31,32). The highest BCUT2D eigenvalue weighted by atomic mass is 16.5. The molecule has 2 aromatic heterocycles. The van der Waals surface area contributed by atoms with Crippen molar-refractivity contribution < 1.29 is 4.74 Å². The van der Waals surface area contributed by atoms with Gasteiger partial charge in [-0.05, 0) is 79.4 Å². The third-order valence-corrected chi connectivity index (χ3v) is 6.72. The third-order valence-electron chi connectivity index (χ3n) is 6.72. The van der Waals surface area contributed by atoms with Crippen LogP contribution in [-0.4, -0.2) is 41.1 Å². The molecule has 5 nitrogen and oxygen atoms in total. The second-order valence-corrected chi connectivity index (χ2v) is 9.02. The Morgan fingerprint density at radius 2 is 1.65 bits per heavy atom. The van der Waals surface area contributed by atoms with E-state index in [-0.39, 0.29) is 0 Å². The molecule has 0 atom stereocenters. The molecule has 4 aromatic rings. The molecular formula is C29H38N4O. The number of hydrogen-bond donors (Lipinski definition) is 2. The summed E-state index contributed by atoms with van der Waals surface area (Å²) in [4.78, 5) is 10.5. The van der Waals surface area contributed by atoms with E-state index in [4.69, 9.17) is 10.5 Å². The molecule has 180 valence electrons. The number of nitrogens with two attached hydrogens (primary N) is 1. The van der Waals surface area contributed by atoms with Crippen molar-refractivity contribution in [1.29, 1.82) is 0 Å². The number of nitrogens with one attached hydrogen (secondary N) is 1. The monoisotopic (exact) mass is 458 g/mol. The lowest BCUT2D eigenvalue weighted by Gasteiger charge is -2.17. The maximum atomic E-state index is 6.25. The molecule has 0 saturated carbocycles. The van der Waals surface area contributed by atoms with Crippen molar-refractivity contribution in [2.75, 3.05) is 32.0 Å². The fraction of sp³-hybridized carbons (Fsp3) is 0.414. The molecule has 0 amide bonds. The molecule has 0 saturated heterocycles. The van der Waals surface area contributed by atoms with Gasteiger partial charge < -0.3 is 20.4 Å². The average molecular weight is 459 g/mol. The second-order valence-electron chi connectivity index (χ2n) is 9.02. The van der Waals surface area contributed by atoms with Crippen LogP contribution >= 0.6 is 0 Å². The summed E-state index contributed by atoms with van der Waals surface area (Å²) in [7, 11) is 0. The smallest absolute Gasteiger partial charge is 0.140 e. The number of unbranched alkanes of at least 4 members (excludes halogenated alkanes) is 2. The first-order valence-electron chi connectivity index (χ1n) is 12.8. The van der Waals surface area contributed by atoms with E-state index in [9.17, 15) is 0 Å². The highest BCUT2D eigenvalue weighted by Crippen LogP contribution is 2.32. The minimum absolute atomic E-state index is 0.642. The predicted octanol–water partition coefficient (Wildman–Crippen LogP) is 6.81. The highest BCUT2D eigenvalue weighted by Gasteiger charge is 2.11. The zero-order valence-electron chi connectivity index (χ0n) is 20.9. The Morgan fingerprint density at radius 1 is 0.882 bits per heavy atom. The summed E-state index contributed by atoms with van der Waals surface area (Å²) in [6.07, 6.45) is 5.58. The van der Waals surface area contributed by atoms with Crippen LogP contribution in [0, 0.1) is 0 Å². The lowest BCUT2D eigenvalue weighted by Crippen LogP contribution is -2.25. The molecule has 3 N–H and O–H groups in total. The van der Waals surface area contributed by atoms with Gasteiger partial charge in [-0.2, -0.15) is 0 Å². The van der Waals surface area contributed by atoms with E-state index in [1.807, 2.05) is 0 Å². The Kier molecular flexibility index (Phi) is 8.07. The minimum Gasteiger partial charge on any atom is -0.494 e. The fourth-order valence-corrected chi connectivity index (χ4v) is 4.58. The van der Waals surface area contributed by atoms with E-state index in [0.717, 1.165) is 73.4 Å². The molecule has 0 spiro atoms. The predicted molar refractivity (Wildman–Crippen MR) is 145 cm³/mol. The number of H-pyrrole nitrogens is 1. The van der Waals surface area contributed by atoms with Crippen LogP contribution in [0.4, 0.5) is 5.82 Å². The van der Waals surface area contributed by atoms with E-state index in [0.29, 0.717) is 5.82 Å². The molecule has 4 rings (SSSR count). The number of nitrogens with zero attached hydrogens (tertiary/aromatic N) is 2. The minimum atomic E-state index is 0.642. The maximum absolute atomic E-state index is 6.25. The summed E-state index contributed by atoms with van der Waals surface area (Å²) in [6.45, 7) is 10.6. The van der Waals surface area contributed by atoms with Crippen LogP contribution in [0.3, 0.4) is 0 Å². The summed E-state index contributed by atoms with van der Waals surface area (Å²) in [6, 6.07) is 17.2. The van der Waals surface area contributed by atoms with Crippen molar-refractivity contribution in [1.82, 2.24) is 14.9 Å². The number of aromatic amines is 1. The molecule has 0 bridgehead atoms. The van der Waals surface area contributed by atoms with Crippen LogP contribution in [0.5, 0.6) is 5.75 Å². The number of aromatic nitrogens is 2. The van der Waals surface area contributed by atoms with Crippen LogP contribution < -0.4 is 10.5 Å². The fourth-order valence-electron chi connectivity index (χ4n) is 4.58. The molecule has 2 aromatic carbocycles. The number of pyridine rings is 1. The van der Waals surface area contributed by atoms with Crippen LogP contribution in [-0.2, 0) is 6.42 Å². The number of nitrogen functional groups attached to an aromatic ring is 1. The molecule has 0 fully saturated rings. The lowest BCUT2D eigenvalue weighted by atomic mass is 10.0. The van der Waals surface area contributed by atoms with Crippen molar-refractivity contribution in [3.63, 3.8) is 0 Å².